The molecule has 0 unspecified atom stereocenters. The molecule has 9 rings (SSSR count). The summed E-state index contributed by atoms with van der Waals surface area (Å²) >= 11 is 0. The van der Waals surface area contributed by atoms with Gasteiger partial charge in [-0.05, 0) is 62.6 Å². The van der Waals surface area contributed by atoms with E-state index in [2.05, 4.69) is 80.4 Å². The standard InChI is InChI=1S/C29H17BNO2.C16H18N.Ir/c1-2-8-19(9-3-1)20-16-17-31-24(18-20)21-14-15-27-28-29(21)33-26-13-7-5-11-23(26)30(28)22-10-4-6-12-25(22)32-27;1-12-5-7-13(8-6-12)15-10-9-14(11-17-15)16(2,3)4;/h1-13,15-18H;5-7,9-11H,1-4H3;/q2*-1;/i;1D3;. The van der Waals surface area contributed by atoms with Crippen molar-refractivity contribution < 1.29 is 33.7 Å². The van der Waals surface area contributed by atoms with Crippen LogP contribution in [0.15, 0.2) is 140 Å². The molecular weight excluding hydrogens is 804 g/mol. The van der Waals surface area contributed by atoms with E-state index in [-0.39, 0.29) is 32.2 Å². The number of nitrogens with zero attached hydrogens (tertiary/aromatic N) is 2. The molecule has 4 nitrogen and oxygen atoms in total. The monoisotopic (exact) mass is 842 g/mol. The predicted molar refractivity (Wildman–Crippen MR) is 204 cm³/mol. The van der Waals surface area contributed by atoms with Gasteiger partial charge < -0.3 is 19.4 Å². The van der Waals surface area contributed by atoms with Crippen molar-refractivity contribution >= 4 is 23.1 Å². The number of hydrogen-bond acceptors (Lipinski definition) is 4. The van der Waals surface area contributed by atoms with Crippen LogP contribution < -0.4 is 25.9 Å². The normalized spacial score (nSPS) is 13.2. The van der Waals surface area contributed by atoms with E-state index in [4.69, 9.17) is 18.6 Å². The fourth-order valence-electron chi connectivity index (χ4n) is 6.47. The summed E-state index contributed by atoms with van der Waals surface area (Å²) in [4.78, 5) is 9.13. The minimum atomic E-state index is -2.08. The van der Waals surface area contributed by atoms with Crippen LogP contribution in [0.4, 0.5) is 0 Å². The number of rotatable bonds is 3. The Morgan fingerprint density at radius 3 is 2.06 bits per heavy atom. The average molecular weight is 842 g/mol. The largest absolute Gasteiger partial charge is 0.503 e. The van der Waals surface area contributed by atoms with Gasteiger partial charge in [-0.2, -0.15) is 0 Å². The summed E-state index contributed by atoms with van der Waals surface area (Å²) in [5.74, 6) is 3.29. The van der Waals surface area contributed by atoms with Crippen LogP contribution in [0.5, 0.6) is 23.0 Å². The number of para-hydroxylation sites is 2. The molecule has 0 bridgehead atoms. The summed E-state index contributed by atoms with van der Waals surface area (Å²) in [6, 6.07) is 48.1. The zero-order chi connectivity index (χ0) is 36.7. The Labute approximate surface area is 318 Å². The maximum atomic E-state index is 7.34. The molecule has 6 heteroatoms. The van der Waals surface area contributed by atoms with E-state index in [1.807, 2.05) is 79.1 Å². The van der Waals surface area contributed by atoms with Gasteiger partial charge in [0.05, 0.1) is 0 Å². The van der Waals surface area contributed by atoms with E-state index in [9.17, 15) is 0 Å². The molecule has 2 aliphatic heterocycles. The van der Waals surface area contributed by atoms with Crippen LogP contribution in [0.25, 0.3) is 33.6 Å². The first-order valence-corrected chi connectivity index (χ1v) is 16.7. The van der Waals surface area contributed by atoms with E-state index in [0.717, 1.165) is 73.0 Å². The van der Waals surface area contributed by atoms with E-state index < -0.39 is 6.85 Å². The zero-order valence-corrected chi connectivity index (χ0v) is 30.8. The molecule has 1 radical (unpaired) electrons. The summed E-state index contributed by atoms with van der Waals surface area (Å²) in [6.07, 6.45) is 3.71. The molecule has 0 saturated heterocycles. The number of hydrogen-bond donors (Lipinski definition) is 0. The summed E-state index contributed by atoms with van der Waals surface area (Å²) in [5, 5.41) is 0. The first-order chi connectivity index (χ1) is 25.5. The van der Waals surface area contributed by atoms with Gasteiger partial charge >= 0.3 is 0 Å². The molecule has 0 saturated carbocycles. The Kier molecular flexibility index (Phi) is 8.47. The third-order valence-corrected chi connectivity index (χ3v) is 9.11. The summed E-state index contributed by atoms with van der Waals surface area (Å²) in [7, 11) is 0. The van der Waals surface area contributed by atoms with E-state index in [0.29, 0.717) is 5.56 Å². The Balaban J connectivity index is 0.000000186. The molecule has 7 aromatic rings. The van der Waals surface area contributed by atoms with Crippen molar-refractivity contribution in [2.75, 3.05) is 0 Å². The second-order valence-corrected chi connectivity index (χ2v) is 13.5. The van der Waals surface area contributed by atoms with Crippen LogP contribution in [0.1, 0.15) is 36.0 Å². The number of aryl methyl sites for hydroxylation is 1. The Bertz CT molecular complexity index is 2370. The van der Waals surface area contributed by atoms with Crippen molar-refractivity contribution in [3.05, 3.63) is 163 Å². The van der Waals surface area contributed by atoms with Crippen LogP contribution in [-0.4, -0.2) is 16.7 Å². The Morgan fingerprint density at radius 1 is 0.667 bits per heavy atom. The molecule has 0 aliphatic carbocycles. The molecule has 5 aromatic carbocycles. The average Bonchev–Trinajstić information content (AvgIpc) is 3.18. The van der Waals surface area contributed by atoms with E-state index >= 15 is 0 Å². The second kappa shape index (κ2) is 14.1. The second-order valence-electron chi connectivity index (χ2n) is 13.5. The Morgan fingerprint density at radius 2 is 1.39 bits per heavy atom. The van der Waals surface area contributed by atoms with Crippen molar-refractivity contribution in [3.63, 3.8) is 0 Å². The quantitative estimate of drug-likeness (QED) is 0.132. The van der Waals surface area contributed by atoms with Crippen molar-refractivity contribution in [2.45, 2.75) is 33.0 Å². The maximum Gasteiger partial charge on any atom is 0.239 e. The van der Waals surface area contributed by atoms with Gasteiger partial charge in [0.2, 0.25) is 6.71 Å². The molecule has 0 N–H and O–H groups in total. The van der Waals surface area contributed by atoms with Gasteiger partial charge in [-0.1, -0.05) is 124 Å². The predicted octanol–water partition coefficient (Wildman–Crippen LogP) is 9.10. The van der Waals surface area contributed by atoms with Crippen LogP contribution >= 0.6 is 0 Å². The van der Waals surface area contributed by atoms with Gasteiger partial charge in [0, 0.05) is 48.1 Å². The smallest absolute Gasteiger partial charge is 0.239 e. The Hall–Kier alpha value is -5.29. The molecular formula is C45H35BIrN2O2-2. The molecule has 4 heterocycles. The minimum absolute atomic E-state index is 0. The third-order valence-electron chi connectivity index (χ3n) is 9.11. The van der Waals surface area contributed by atoms with Gasteiger partial charge in [-0.3, -0.25) is 0 Å². The summed E-state index contributed by atoms with van der Waals surface area (Å²) in [5.41, 5.74) is 10.4. The molecule has 0 fully saturated rings. The van der Waals surface area contributed by atoms with E-state index in [1.165, 1.54) is 11.6 Å². The number of benzene rings is 5. The number of aromatic nitrogens is 2. The van der Waals surface area contributed by atoms with E-state index in [1.54, 1.807) is 12.1 Å². The SMILES string of the molecule is [2H]C([2H])([2H])c1c[c-]c(-c2ccc(C(C)(C)C)cn2)cc1.[Ir].[c-]1cc2c3c(c1-c1cc(-c4ccccc4)ccn1)Oc1ccccc1B3c1ccccc1O2. The number of ether oxygens (including phenoxy) is 2. The van der Waals surface area contributed by atoms with Crippen LogP contribution in [0.3, 0.4) is 0 Å². The topological polar surface area (TPSA) is 44.2 Å². The van der Waals surface area contributed by atoms with Crippen LogP contribution in [-0.2, 0) is 25.5 Å². The minimum Gasteiger partial charge on any atom is -0.503 e. The molecule has 2 aromatic heterocycles. The van der Waals surface area contributed by atoms with Gasteiger partial charge in [-0.15, -0.1) is 47.5 Å². The summed E-state index contributed by atoms with van der Waals surface area (Å²) in [6.45, 7) is 4.37. The van der Waals surface area contributed by atoms with Crippen LogP contribution in [0, 0.1) is 19.0 Å². The van der Waals surface area contributed by atoms with Crippen molar-refractivity contribution in [2.24, 2.45) is 0 Å². The van der Waals surface area contributed by atoms with Crippen molar-refractivity contribution in [3.8, 4) is 56.6 Å². The maximum absolute atomic E-state index is 7.34. The number of fused-ring (bicyclic) bond motifs is 4. The summed E-state index contributed by atoms with van der Waals surface area (Å²) < 4.78 is 34.8. The van der Waals surface area contributed by atoms with Crippen molar-refractivity contribution in [1.29, 1.82) is 0 Å². The fraction of sp³-hybridized carbons (Fsp3) is 0.111. The van der Waals surface area contributed by atoms with Crippen LogP contribution in [0.2, 0.25) is 0 Å². The zero-order valence-electron chi connectivity index (χ0n) is 31.4. The number of pyridine rings is 2. The molecule has 251 valence electrons. The van der Waals surface area contributed by atoms with Crippen molar-refractivity contribution in [1.82, 2.24) is 9.97 Å². The molecule has 0 spiro atoms. The van der Waals surface area contributed by atoms with Gasteiger partial charge in [0.1, 0.15) is 11.5 Å². The van der Waals surface area contributed by atoms with Gasteiger partial charge in [0.25, 0.3) is 0 Å². The molecule has 0 amide bonds. The van der Waals surface area contributed by atoms with Gasteiger partial charge in [-0.25, -0.2) is 0 Å². The molecule has 2 aliphatic rings. The first-order valence-electron chi connectivity index (χ1n) is 18.2. The first kappa shape index (κ1) is 30.5. The fourth-order valence-corrected chi connectivity index (χ4v) is 6.47. The molecule has 51 heavy (non-hydrogen) atoms. The third kappa shape index (κ3) is 6.78. The van der Waals surface area contributed by atoms with Gasteiger partial charge in [0.15, 0.2) is 0 Å². The molecule has 0 atom stereocenters.